The molecule has 2 rings (SSSR count). The van der Waals surface area contributed by atoms with Crippen molar-refractivity contribution in [2.24, 2.45) is 0 Å². The molecule has 0 bridgehead atoms. The molecule has 0 saturated heterocycles. The fraction of sp³-hybridized carbons (Fsp3) is 0.200. The molecule has 2 amide bonds. The van der Waals surface area contributed by atoms with Crippen molar-refractivity contribution in [2.75, 3.05) is 11.9 Å². The highest BCUT2D eigenvalue weighted by molar-refractivity contribution is 5.92. The zero-order valence-corrected chi connectivity index (χ0v) is 14.0. The summed E-state index contributed by atoms with van der Waals surface area (Å²) in [6, 6.07) is 14.9. The average molecular weight is 338 g/mol. The van der Waals surface area contributed by atoms with Crippen molar-refractivity contribution in [3.05, 3.63) is 77.9 Å². The van der Waals surface area contributed by atoms with E-state index in [0.717, 1.165) is 16.7 Å². The highest BCUT2D eigenvalue weighted by atomic mass is 16.3. The molecule has 0 fully saturated rings. The standard InChI is InChI=1S/C20H22N2O3/c1-2-19(24)21-14-17-6-4-3-5-16(17)13-20(25)22-18-9-7-15(8-10-18)11-12-23/h2-10,23H,1,11-14H2,(H,21,24)(H,22,25). The van der Waals surface area contributed by atoms with Crippen molar-refractivity contribution in [2.45, 2.75) is 19.4 Å². The molecule has 0 heterocycles. The smallest absolute Gasteiger partial charge is 0.243 e. The number of amides is 2. The normalized spacial score (nSPS) is 10.1. The Kier molecular flexibility index (Phi) is 6.92. The van der Waals surface area contributed by atoms with Crippen LogP contribution in [0.1, 0.15) is 16.7 Å². The van der Waals surface area contributed by atoms with E-state index in [1.54, 1.807) is 0 Å². The van der Waals surface area contributed by atoms with E-state index >= 15 is 0 Å². The van der Waals surface area contributed by atoms with Crippen LogP contribution in [0.3, 0.4) is 0 Å². The predicted molar refractivity (Wildman–Crippen MR) is 98.1 cm³/mol. The molecule has 0 aliphatic heterocycles. The Bertz CT molecular complexity index is 739. The number of anilines is 1. The van der Waals surface area contributed by atoms with Gasteiger partial charge in [-0.2, -0.15) is 0 Å². The molecule has 2 aromatic rings. The van der Waals surface area contributed by atoms with Crippen molar-refractivity contribution in [3.8, 4) is 0 Å². The van der Waals surface area contributed by atoms with Gasteiger partial charge in [-0.1, -0.05) is 43.0 Å². The molecular weight excluding hydrogens is 316 g/mol. The van der Waals surface area contributed by atoms with E-state index in [-0.39, 0.29) is 24.8 Å². The van der Waals surface area contributed by atoms with Crippen LogP contribution < -0.4 is 10.6 Å². The summed E-state index contributed by atoms with van der Waals surface area (Å²) in [5.41, 5.74) is 3.49. The fourth-order valence-electron chi connectivity index (χ4n) is 2.42. The van der Waals surface area contributed by atoms with E-state index < -0.39 is 0 Å². The summed E-state index contributed by atoms with van der Waals surface area (Å²) in [7, 11) is 0. The Labute approximate surface area is 147 Å². The first-order valence-electron chi connectivity index (χ1n) is 8.09. The lowest BCUT2D eigenvalue weighted by Gasteiger charge is -2.11. The number of rotatable bonds is 8. The molecule has 130 valence electrons. The molecule has 2 aromatic carbocycles. The molecular formula is C20H22N2O3. The van der Waals surface area contributed by atoms with E-state index in [9.17, 15) is 9.59 Å². The van der Waals surface area contributed by atoms with Crippen molar-refractivity contribution in [1.29, 1.82) is 0 Å². The lowest BCUT2D eigenvalue weighted by Crippen LogP contribution is -2.22. The maximum absolute atomic E-state index is 12.3. The highest BCUT2D eigenvalue weighted by Crippen LogP contribution is 2.13. The SMILES string of the molecule is C=CC(=O)NCc1ccccc1CC(=O)Nc1ccc(CCO)cc1. The second-order valence-corrected chi connectivity index (χ2v) is 5.59. The minimum atomic E-state index is -0.248. The maximum Gasteiger partial charge on any atom is 0.243 e. The third kappa shape index (κ3) is 5.90. The van der Waals surface area contributed by atoms with Gasteiger partial charge in [-0.05, 0) is 41.3 Å². The van der Waals surface area contributed by atoms with Crippen molar-refractivity contribution in [1.82, 2.24) is 5.32 Å². The molecule has 3 N–H and O–H groups in total. The minimum Gasteiger partial charge on any atom is -0.396 e. The largest absolute Gasteiger partial charge is 0.396 e. The number of carbonyl (C=O) groups excluding carboxylic acids is 2. The van der Waals surface area contributed by atoms with Gasteiger partial charge in [0.25, 0.3) is 0 Å². The van der Waals surface area contributed by atoms with Gasteiger partial charge in [-0.15, -0.1) is 0 Å². The lowest BCUT2D eigenvalue weighted by atomic mass is 10.0. The van der Waals surface area contributed by atoms with Crippen LogP contribution in [0.5, 0.6) is 0 Å². The zero-order valence-electron chi connectivity index (χ0n) is 14.0. The molecule has 0 radical (unpaired) electrons. The van der Waals surface area contributed by atoms with Crippen molar-refractivity contribution < 1.29 is 14.7 Å². The van der Waals surface area contributed by atoms with Gasteiger partial charge >= 0.3 is 0 Å². The summed E-state index contributed by atoms with van der Waals surface area (Å²) in [6.45, 7) is 3.87. The number of hydrogen-bond donors (Lipinski definition) is 3. The van der Waals surface area contributed by atoms with Crippen LogP contribution in [0.4, 0.5) is 5.69 Å². The number of hydrogen-bond acceptors (Lipinski definition) is 3. The van der Waals surface area contributed by atoms with E-state index in [1.165, 1.54) is 6.08 Å². The predicted octanol–water partition coefficient (Wildman–Crippen LogP) is 2.20. The van der Waals surface area contributed by atoms with Gasteiger partial charge in [0.15, 0.2) is 0 Å². The van der Waals surface area contributed by atoms with E-state index in [1.807, 2.05) is 48.5 Å². The average Bonchev–Trinajstić information content (AvgIpc) is 2.62. The topological polar surface area (TPSA) is 78.4 Å². The number of carbonyl (C=O) groups is 2. The monoisotopic (exact) mass is 338 g/mol. The summed E-state index contributed by atoms with van der Waals surface area (Å²) in [5.74, 6) is -0.375. The van der Waals surface area contributed by atoms with Crippen LogP contribution in [0.25, 0.3) is 0 Å². The van der Waals surface area contributed by atoms with Gasteiger partial charge in [0.1, 0.15) is 0 Å². The third-order valence-corrected chi connectivity index (χ3v) is 3.75. The molecule has 0 aromatic heterocycles. The molecule has 0 saturated carbocycles. The molecule has 0 spiro atoms. The van der Waals surface area contributed by atoms with Crippen LogP contribution in [-0.4, -0.2) is 23.5 Å². The summed E-state index contributed by atoms with van der Waals surface area (Å²) in [4.78, 5) is 23.6. The van der Waals surface area contributed by atoms with Crippen molar-refractivity contribution in [3.63, 3.8) is 0 Å². The Morgan fingerprint density at radius 2 is 1.72 bits per heavy atom. The summed E-state index contributed by atoms with van der Waals surface area (Å²) in [5, 5.41) is 14.5. The quantitative estimate of drug-likeness (QED) is 0.646. The first-order chi connectivity index (χ1) is 12.1. The van der Waals surface area contributed by atoms with Gasteiger partial charge in [0.2, 0.25) is 11.8 Å². The van der Waals surface area contributed by atoms with Crippen molar-refractivity contribution >= 4 is 17.5 Å². The number of benzene rings is 2. The first kappa shape index (κ1) is 18.4. The fourth-order valence-corrected chi connectivity index (χ4v) is 2.42. The summed E-state index contributed by atoms with van der Waals surface area (Å²) >= 11 is 0. The second-order valence-electron chi connectivity index (χ2n) is 5.59. The van der Waals surface area contributed by atoms with Crippen LogP contribution in [-0.2, 0) is 29.0 Å². The Morgan fingerprint density at radius 3 is 2.36 bits per heavy atom. The summed E-state index contributed by atoms with van der Waals surface area (Å²) in [6.07, 6.45) is 2.03. The van der Waals surface area contributed by atoms with Crippen LogP contribution in [0.15, 0.2) is 61.2 Å². The Morgan fingerprint density at radius 1 is 1.04 bits per heavy atom. The van der Waals surface area contributed by atoms with Gasteiger partial charge in [-0.3, -0.25) is 9.59 Å². The second kappa shape index (κ2) is 9.39. The highest BCUT2D eigenvalue weighted by Gasteiger charge is 2.09. The molecule has 0 unspecified atom stereocenters. The molecule has 25 heavy (non-hydrogen) atoms. The number of aliphatic hydroxyl groups is 1. The molecule has 5 heteroatoms. The van der Waals surface area contributed by atoms with Crippen LogP contribution in [0.2, 0.25) is 0 Å². The number of nitrogens with one attached hydrogen (secondary N) is 2. The zero-order chi connectivity index (χ0) is 18.1. The first-order valence-corrected chi connectivity index (χ1v) is 8.09. The van der Waals surface area contributed by atoms with Crippen LogP contribution >= 0.6 is 0 Å². The lowest BCUT2D eigenvalue weighted by molar-refractivity contribution is -0.116. The van der Waals surface area contributed by atoms with Crippen LogP contribution in [0, 0.1) is 0 Å². The molecule has 0 atom stereocenters. The molecule has 0 aliphatic rings. The Hall–Kier alpha value is -2.92. The van der Waals surface area contributed by atoms with Gasteiger partial charge < -0.3 is 15.7 Å². The Balaban J connectivity index is 1.97. The van der Waals surface area contributed by atoms with E-state index in [2.05, 4.69) is 17.2 Å². The minimum absolute atomic E-state index is 0.102. The number of aliphatic hydroxyl groups excluding tert-OH is 1. The summed E-state index contributed by atoms with van der Waals surface area (Å²) < 4.78 is 0. The maximum atomic E-state index is 12.3. The van der Waals surface area contributed by atoms with Gasteiger partial charge in [-0.25, -0.2) is 0 Å². The van der Waals surface area contributed by atoms with Gasteiger partial charge in [0, 0.05) is 18.8 Å². The molecule has 5 nitrogen and oxygen atoms in total. The molecule has 0 aliphatic carbocycles. The third-order valence-electron chi connectivity index (χ3n) is 3.75. The van der Waals surface area contributed by atoms with Gasteiger partial charge in [0.05, 0.1) is 6.42 Å². The van der Waals surface area contributed by atoms with E-state index in [0.29, 0.717) is 18.7 Å². The van der Waals surface area contributed by atoms with E-state index in [4.69, 9.17) is 5.11 Å².